The van der Waals surface area contributed by atoms with E-state index < -0.39 is 5.82 Å². The van der Waals surface area contributed by atoms with Crippen LogP contribution >= 0.6 is 11.6 Å². The molecule has 108 valence electrons. The molecule has 2 bridgehead atoms. The molecule has 2 unspecified atom stereocenters. The Morgan fingerprint density at radius 3 is 2.75 bits per heavy atom. The van der Waals surface area contributed by atoms with Crippen molar-refractivity contribution in [3.05, 3.63) is 29.0 Å². The van der Waals surface area contributed by atoms with Gasteiger partial charge >= 0.3 is 0 Å². The summed E-state index contributed by atoms with van der Waals surface area (Å²) in [6.07, 6.45) is 5.04. The van der Waals surface area contributed by atoms with E-state index in [1.807, 2.05) is 0 Å². The van der Waals surface area contributed by atoms with E-state index in [1.165, 1.54) is 31.0 Å². The summed E-state index contributed by atoms with van der Waals surface area (Å²) in [5, 5.41) is 6.64. The second kappa shape index (κ2) is 5.70. The van der Waals surface area contributed by atoms with Gasteiger partial charge in [0, 0.05) is 18.5 Å². The lowest BCUT2D eigenvalue weighted by atomic mass is 9.89. The van der Waals surface area contributed by atoms with Crippen LogP contribution in [0, 0.1) is 11.7 Å². The van der Waals surface area contributed by atoms with Crippen LogP contribution in [0.3, 0.4) is 0 Å². The van der Waals surface area contributed by atoms with Crippen LogP contribution in [0.25, 0.3) is 0 Å². The van der Waals surface area contributed by atoms with E-state index in [-0.39, 0.29) is 5.91 Å². The second-order valence-corrected chi connectivity index (χ2v) is 6.26. The van der Waals surface area contributed by atoms with Gasteiger partial charge in [-0.1, -0.05) is 11.6 Å². The van der Waals surface area contributed by atoms with Crippen LogP contribution in [0.4, 0.5) is 10.1 Å². The molecule has 20 heavy (non-hydrogen) atoms. The lowest BCUT2D eigenvalue weighted by Gasteiger charge is -2.28. The SMILES string of the molecule is O=C(CC1CC2CCC(C1)N2)Nc1cc(F)ccc1Cl. The molecule has 3 nitrogen and oxygen atoms in total. The van der Waals surface area contributed by atoms with Gasteiger partial charge in [0.15, 0.2) is 0 Å². The van der Waals surface area contributed by atoms with E-state index in [0.717, 1.165) is 12.8 Å². The molecule has 2 saturated heterocycles. The van der Waals surface area contributed by atoms with Crippen molar-refractivity contribution in [2.75, 3.05) is 5.32 Å². The van der Waals surface area contributed by atoms with Gasteiger partial charge in [0.1, 0.15) is 5.82 Å². The molecule has 0 aliphatic carbocycles. The fourth-order valence-corrected chi connectivity index (χ4v) is 3.56. The predicted molar refractivity (Wildman–Crippen MR) is 77.3 cm³/mol. The van der Waals surface area contributed by atoms with Gasteiger partial charge in [0.05, 0.1) is 10.7 Å². The molecule has 2 atom stereocenters. The van der Waals surface area contributed by atoms with Gasteiger partial charge in [-0.2, -0.15) is 0 Å². The number of hydrogen-bond acceptors (Lipinski definition) is 2. The van der Waals surface area contributed by atoms with E-state index in [2.05, 4.69) is 10.6 Å². The van der Waals surface area contributed by atoms with Gasteiger partial charge in [-0.15, -0.1) is 0 Å². The third-order valence-electron chi connectivity index (χ3n) is 4.25. The normalized spacial score (nSPS) is 28.4. The highest BCUT2D eigenvalue weighted by Crippen LogP contribution is 2.33. The van der Waals surface area contributed by atoms with Crippen molar-refractivity contribution in [3.8, 4) is 0 Å². The molecule has 5 heteroatoms. The molecule has 2 aliphatic rings. The number of carbonyl (C=O) groups excluding carboxylic acids is 1. The number of amides is 1. The molecule has 1 amide bonds. The fourth-order valence-electron chi connectivity index (χ4n) is 3.40. The number of nitrogens with one attached hydrogen (secondary N) is 2. The van der Waals surface area contributed by atoms with Crippen molar-refractivity contribution < 1.29 is 9.18 Å². The van der Waals surface area contributed by atoms with Gasteiger partial charge in [0.2, 0.25) is 5.91 Å². The first-order chi connectivity index (χ1) is 9.60. The second-order valence-electron chi connectivity index (χ2n) is 5.85. The van der Waals surface area contributed by atoms with Gasteiger partial charge in [0.25, 0.3) is 0 Å². The minimum atomic E-state index is -0.399. The third-order valence-corrected chi connectivity index (χ3v) is 4.58. The number of benzene rings is 1. The minimum Gasteiger partial charge on any atom is -0.325 e. The first kappa shape index (κ1) is 13.8. The molecular weight excluding hydrogens is 279 g/mol. The monoisotopic (exact) mass is 296 g/mol. The Balaban J connectivity index is 1.58. The lowest BCUT2D eigenvalue weighted by Crippen LogP contribution is -2.39. The summed E-state index contributed by atoms with van der Waals surface area (Å²) >= 11 is 5.95. The Morgan fingerprint density at radius 1 is 1.35 bits per heavy atom. The topological polar surface area (TPSA) is 41.1 Å². The predicted octanol–water partition coefficient (Wildman–Crippen LogP) is 3.34. The van der Waals surface area contributed by atoms with Crippen LogP contribution in [-0.2, 0) is 4.79 Å². The summed E-state index contributed by atoms with van der Waals surface area (Å²) < 4.78 is 13.1. The standard InChI is InChI=1S/C15H18ClFN2O/c16-13-4-1-10(17)8-14(13)19-15(20)7-9-5-11-2-3-12(6-9)18-11/h1,4,8-9,11-12,18H,2-3,5-7H2,(H,19,20). The van der Waals surface area contributed by atoms with Gasteiger partial charge < -0.3 is 10.6 Å². The van der Waals surface area contributed by atoms with Crippen molar-refractivity contribution >= 4 is 23.2 Å². The molecule has 0 saturated carbocycles. The molecule has 1 aromatic rings. The Kier molecular flexibility index (Phi) is 3.94. The average Bonchev–Trinajstić information content (AvgIpc) is 2.73. The summed E-state index contributed by atoms with van der Waals surface area (Å²) in [7, 11) is 0. The van der Waals surface area contributed by atoms with Crippen LogP contribution in [0.2, 0.25) is 5.02 Å². The van der Waals surface area contributed by atoms with Gasteiger partial charge in [-0.3, -0.25) is 4.79 Å². The van der Waals surface area contributed by atoms with Crippen LogP contribution in [0.1, 0.15) is 32.1 Å². The first-order valence-corrected chi connectivity index (χ1v) is 7.49. The maximum absolute atomic E-state index is 13.1. The summed E-state index contributed by atoms with van der Waals surface area (Å²) in [5.41, 5.74) is 0.355. The summed E-state index contributed by atoms with van der Waals surface area (Å²) in [6, 6.07) is 5.14. The molecule has 3 rings (SSSR count). The number of piperidine rings is 1. The van der Waals surface area contributed by atoms with Crippen LogP contribution in [0.15, 0.2) is 18.2 Å². The van der Waals surface area contributed by atoms with Crippen molar-refractivity contribution in [3.63, 3.8) is 0 Å². The zero-order valence-electron chi connectivity index (χ0n) is 11.2. The number of fused-ring (bicyclic) bond motifs is 2. The molecular formula is C15H18ClFN2O. The maximum Gasteiger partial charge on any atom is 0.224 e. The number of anilines is 1. The van der Waals surface area contributed by atoms with E-state index >= 15 is 0 Å². The Bertz CT molecular complexity index is 511. The minimum absolute atomic E-state index is 0.0798. The smallest absolute Gasteiger partial charge is 0.224 e. The third kappa shape index (κ3) is 3.13. The van der Waals surface area contributed by atoms with Gasteiger partial charge in [-0.25, -0.2) is 4.39 Å². The fraction of sp³-hybridized carbons (Fsp3) is 0.533. The maximum atomic E-state index is 13.1. The Morgan fingerprint density at radius 2 is 2.05 bits per heavy atom. The number of carbonyl (C=O) groups is 1. The highest BCUT2D eigenvalue weighted by atomic mass is 35.5. The van der Waals surface area contributed by atoms with Crippen molar-refractivity contribution in [1.29, 1.82) is 0 Å². The summed E-state index contributed by atoms with van der Waals surface area (Å²) in [6.45, 7) is 0. The van der Waals surface area contributed by atoms with E-state index in [0.29, 0.717) is 35.1 Å². The highest BCUT2D eigenvalue weighted by Gasteiger charge is 2.34. The van der Waals surface area contributed by atoms with Crippen molar-refractivity contribution in [1.82, 2.24) is 5.32 Å². The van der Waals surface area contributed by atoms with Crippen molar-refractivity contribution in [2.45, 2.75) is 44.2 Å². The van der Waals surface area contributed by atoms with Crippen molar-refractivity contribution in [2.24, 2.45) is 5.92 Å². The molecule has 2 fully saturated rings. The summed E-state index contributed by atoms with van der Waals surface area (Å²) in [4.78, 5) is 12.1. The molecule has 1 aromatic carbocycles. The number of rotatable bonds is 3. The summed E-state index contributed by atoms with van der Waals surface area (Å²) in [5.74, 6) is -0.0607. The average molecular weight is 297 g/mol. The molecule has 2 aliphatic heterocycles. The zero-order valence-corrected chi connectivity index (χ0v) is 11.9. The highest BCUT2D eigenvalue weighted by molar-refractivity contribution is 6.33. The molecule has 0 radical (unpaired) electrons. The number of halogens is 2. The largest absolute Gasteiger partial charge is 0.325 e. The van der Waals surface area contributed by atoms with Crippen LogP contribution < -0.4 is 10.6 Å². The van der Waals surface area contributed by atoms with Gasteiger partial charge in [-0.05, 0) is 49.8 Å². The van der Waals surface area contributed by atoms with E-state index in [9.17, 15) is 9.18 Å². The van der Waals surface area contributed by atoms with E-state index in [4.69, 9.17) is 11.6 Å². The Labute approximate surface area is 122 Å². The quantitative estimate of drug-likeness (QED) is 0.898. The molecule has 2 N–H and O–H groups in total. The zero-order chi connectivity index (χ0) is 14.1. The first-order valence-electron chi connectivity index (χ1n) is 7.11. The molecule has 0 aromatic heterocycles. The molecule has 0 spiro atoms. The number of hydrogen-bond donors (Lipinski definition) is 2. The Hall–Kier alpha value is -1.13. The van der Waals surface area contributed by atoms with Crippen LogP contribution in [-0.4, -0.2) is 18.0 Å². The molecule has 2 heterocycles. The van der Waals surface area contributed by atoms with E-state index in [1.54, 1.807) is 0 Å². The van der Waals surface area contributed by atoms with Crippen LogP contribution in [0.5, 0.6) is 0 Å². The lowest BCUT2D eigenvalue weighted by molar-refractivity contribution is -0.117.